The molecular weight excluding hydrogens is 328 g/mol. The smallest absolute Gasteiger partial charge is 0.313 e. The van der Waals surface area contributed by atoms with Gasteiger partial charge in [0.05, 0.1) is 5.60 Å². The van der Waals surface area contributed by atoms with E-state index in [1.165, 1.54) is 5.56 Å². The van der Waals surface area contributed by atoms with E-state index >= 15 is 0 Å². The van der Waals surface area contributed by atoms with Gasteiger partial charge in [-0.2, -0.15) is 0 Å². The molecule has 136 valence electrons. The molecule has 3 N–H and O–H groups in total. The molecule has 0 aromatic heterocycles. The summed E-state index contributed by atoms with van der Waals surface area (Å²) < 4.78 is 0. The Morgan fingerprint density at radius 1 is 1.00 bits per heavy atom. The van der Waals surface area contributed by atoms with Crippen molar-refractivity contribution in [2.75, 3.05) is 11.9 Å². The zero-order valence-corrected chi connectivity index (χ0v) is 15.1. The van der Waals surface area contributed by atoms with Gasteiger partial charge in [-0.1, -0.05) is 42.5 Å². The van der Waals surface area contributed by atoms with Gasteiger partial charge in [0, 0.05) is 18.7 Å². The van der Waals surface area contributed by atoms with E-state index in [0.717, 1.165) is 23.1 Å². The zero-order valence-electron chi connectivity index (χ0n) is 15.1. The molecule has 1 unspecified atom stereocenters. The number of aliphatic hydroxyl groups is 1. The van der Waals surface area contributed by atoms with Crippen LogP contribution < -0.4 is 10.6 Å². The third kappa shape index (κ3) is 3.94. The number of rotatable bonds is 3. The Hall–Kier alpha value is -2.66. The predicted molar refractivity (Wildman–Crippen MR) is 101 cm³/mol. The highest BCUT2D eigenvalue weighted by molar-refractivity contribution is 6.39. The summed E-state index contributed by atoms with van der Waals surface area (Å²) in [6.07, 6.45) is 1.79. The molecule has 0 aliphatic heterocycles. The molecule has 0 heterocycles. The third-order valence-electron chi connectivity index (χ3n) is 5.00. The van der Waals surface area contributed by atoms with E-state index in [0.29, 0.717) is 18.5 Å². The number of hydrogen-bond acceptors (Lipinski definition) is 3. The van der Waals surface area contributed by atoms with Crippen LogP contribution in [0.25, 0.3) is 0 Å². The lowest BCUT2D eigenvalue weighted by Gasteiger charge is -2.33. The normalized spacial score (nSPS) is 18.7. The van der Waals surface area contributed by atoms with E-state index in [1.807, 2.05) is 50.2 Å². The van der Waals surface area contributed by atoms with Gasteiger partial charge >= 0.3 is 11.8 Å². The van der Waals surface area contributed by atoms with Crippen molar-refractivity contribution in [3.8, 4) is 0 Å². The third-order valence-corrected chi connectivity index (χ3v) is 5.00. The van der Waals surface area contributed by atoms with Gasteiger partial charge in [0.15, 0.2) is 0 Å². The molecule has 1 aliphatic carbocycles. The summed E-state index contributed by atoms with van der Waals surface area (Å²) in [7, 11) is 0. The zero-order chi connectivity index (χ0) is 18.7. The average molecular weight is 352 g/mol. The van der Waals surface area contributed by atoms with Crippen molar-refractivity contribution in [2.24, 2.45) is 0 Å². The van der Waals surface area contributed by atoms with Crippen LogP contribution >= 0.6 is 0 Å². The maximum absolute atomic E-state index is 12.2. The monoisotopic (exact) mass is 352 g/mol. The standard InChI is InChI=1S/C21H24N2O3/c1-14-6-5-7-15(2)18(14)23-20(25)19(24)22-13-21(26)11-10-16-8-3-4-9-17(16)12-21/h3-9,26H,10-13H2,1-2H3,(H,22,24)(H,23,25). The van der Waals surface area contributed by atoms with Crippen molar-refractivity contribution < 1.29 is 14.7 Å². The van der Waals surface area contributed by atoms with Gasteiger partial charge < -0.3 is 15.7 Å². The Labute approximate surface area is 153 Å². The van der Waals surface area contributed by atoms with Crippen molar-refractivity contribution in [2.45, 2.75) is 38.7 Å². The molecule has 0 spiro atoms. The van der Waals surface area contributed by atoms with Gasteiger partial charge in [-0.05, 0) is 48.9 Å². The largest absolute Gasteiger partial charge is 0.388 e. The van der Waals surface area contributed by atoms with Crippen molar-refractivity contribution >= 4 is 17.5 Å². The fourth-order valence-corrected chi connectivity index (χ4v) is 3.44. The van der Waals surface area contributed by atoms with E-state index in [2.05, 4.69) is 16.7 Å². The van der Waals surface area contributed by atoms with E-state index in [9.17, 15) is 14.7 Å². The second kappa shape index (κ2) is 7.30. The summed E-state index contributed by atoms with van der Waals surface area (Å²) in [4.78, 5) is 24.4. The summed E-state index contributed by atoms with van der Waals surface area (Å²) in [5.74, 6) is -1.46. The van der Waals surface area contributed by atoms with Crippen molar-refractivity contribution in [3.05, 3.63) is 64.7 Å². The van der Waals surface area contributed by atoms with Crippen LogP contribution in [0.1, 0.15) is 28.7 Å². The highest BCUT2D eigenvalue weighted by Gasteiger charge is 2.33. The lowest BCUT2D eigenvalue weighted by Crippen LogP contribution is -2.49. The van der Waals surface area contributed by atoms with E-state index in [-0.39, 0.29) is 6.54 Å². The number of fused-ring (bicyclic) bond motifs is 1. The Kier molecular flexibility index (Phi) is 5.09. The molecule has 26 heavy (non-hydrogen) atoms. The number of carbonyl (C=O) groups is 2. The molecule has 2 amide bonds. The average Bonchev–Trinajstić information content (AvgIpc) is 2.62. The molecule has 0 radical (unpaired) electrons. The lowest BCUT2D eigenvalue weighted by molar-refractivity contribution is -0.136. The molecule has 2 aromatic rings. The Morgan fingerprint density at radius 3 is 2.35 bits per heavy atom. The second-order valence-electron chi connectivity index (χ2n) is 7.07. The predicted octanol–water partition coefficient (Wildman–Crippen LogP) is 2.28. The summed E-state index contributed by atoms with van der Waals surface area (Å²) in [5, 5.41) is 16.0. The highest BCUT2D eigenvalue weighted by Crippen LogP contribution is 2.28. The number of carbonyl (C=O) groups excluding carboxylic acids is 2. The number of aryl methyl sites for hydroxylation is 3. The van der Waals surface area contributed by atoms with Gasteiger partial charge in [0.25, 0.3) is 0 Å². The van der Waals surface area contributed by atoms with Gasteiger partial charge in [-0.3, -0.25) is 9.59 Å². The van der Waals surface area contributed by atoms with Gasteiger partial charge in [-0.25, -0.2) is 0 Å². The second-order valence-corrected chi connectivity index (χ2v) is 7.07. The van der Waals surface area contributed by atoms with Crippen molar-refractivity contribution in [1.82, 2.24) is 5.32 Å². The molecule has 5 nitrogen and oxygen atoms in total. The first kappa shape index (κ1) is 18.1. The quantitative estimate of drug-likeness (QED) is 0.742. The van der Waals surface area contributed by atoms with E-state index in [4.69, 9.17) is 0 Å². The van der Waals surface area contributed by atoms with Crippen molar-refractivity contribution in [1.29, 1.82) is 0 Å². The topological polar surface area (TPSA) is 78.4 Å². The first-order valence-electron chi connectivity index (χ1n) is 8.82. The molecule has 5 heteroatoms. The van der Waals surface area contributed by atoms with Crippen LogP contribution in [-0.2, 0) is 22.4 Å². The minimum absolute atomic E-state index is 0.0559. The van der Waals surface area contributed by atoms with Gasteiger partial charge in [-0.15, -0.1) is 0 Å². The van der Waals surface area contributed by atoms with Gasteiger partial charge in [0.2, 0.25) is 0 Å². The van der Waals surface area contributed by atoms with E-state index < -0.39 is 17.4 Å². The maximum Gasteiger partial charge on any atom is 0.313 e. The van der Waals surface area contributed by atoms with Crippen LogP contribution in [0.3, 0.4) is 0 Å². The van der Waals surface area contributed by atoms with Gasteiger partial charge in [0.1, 0.15) is 0 Å². The molecule has 0 fully saturated rings. The lowest BCUT2D eigenvalue weighted by atomic mass is 9.80. The molecule has 0 bridgehead atoms. The summed E-state index contributed by atoms with van der Waals surface area (Å²) in [5.41, 5.74) is 3.75. The number of amides is 2. The molecule has 2 aromatic carbocycles. The van der Waals surface area contributed by atoms with Crippen LogP contribution in [0.4, 0.5) is 5.69 Å². The van der Waals surface area contributed by atoms with Crippen LogP contribution in [0, 0.1) is 13.8 Å². The van der Waals surface area contributed by atoms with Crippen molar-refractivity contribution in [3.63, 3.8) is 0 Å². The summed E-state index contributed by atoms with van der Waals surface area (Å²) in [6.45, 7) is 3.81. The fourth-order valence-electron chi connectivity index (χ4n) is 3.44. The van der Waals surface area contributed by atoms with E-state index in [1.54, 1.807) is 0 Å². The highest BCUT2D eigenvalue weighted by atomic mass is 16.3. The minimum Gasteiger partial charge on any atom is -0.388 e. The number of nitrogens with one attached hydrogen (secondary N) is 2. The molecular formula is C21H24N2O3. The number of hydrogen-bond donors (Lipinski definition) is 3. The summed E-state index contributed by atoms with van der Waals surface area (Å²) in [6, 6.07) is 13.6. The Bertz CT molecular complexity index is 827. The fraction of sp³-hybridized carbons (Fsp3) is 0.333. The maximum atomic E-state index is 12.2. The first-order valence-corrected chi connectivity index (χ1v) is 8.82. The Morgan fingerprint density at radius 2 is 1.65 bits per heavy atom. The first-order chi connectivity index (χ1) is 12.4. The molecule has 3 rings (SSSR count). The summed E-state index contributed by atoms with van der Waals surface area (Å²) >= 11 is 0. The molecule has 0 saturated heterocycles. The van der Waals surface area contributed by atoms with Crippen LogP contribution in [0.2, 0.25) is 0 Å². The van der Waals surface area contributed by atoms with Crippen LogP contribution in [-0.4, -0.2) is 29.1 Å². The SMILES string of the molecule is Cc1cccc(C)c1NC(=O)C(=O)NCC1(O)CCc2ccccc2C1. The molecule has 0 saturated carbocycles. The van der Waals surface area contributed by atoms with Crippen LogP contribution in [0.15, 0.2) is 42.5 Å². The molecule has 1 aliphatic rings. The Balaban J connectivity index is 1.59. The molecule has 1 atom stereocenters. The number of anilines is 1. The number of benzene rings is 2. The van der Waals surface area contributed by atoms with Crippen LogP contribution in [0.5, 0.6) is 0 Å². The number of para-hydroxylation sites is 1. The minimum atomic E-state index is -1.02.